The van der Waals surface area contributed by atoms with Gasteiger partial charge in [0.2, 0.25) is 0 Å². The SMILES string of the molecule is CCOC(F)(Cl)C(F)(F)Cl. The summed E-state index contributed by atoms with van der Waals surface area (Å²) in [6.45, 7) is 1.04. The molecule has 0 aromatic heterocycles. The molecule has 10 heavy (non-hydrogen) atoms. The van der Waals surface area contributed by atoms with E-state index in [-0.39, 0.29) is 6.61 Å². The van der Waals surface area contributed by atoms with Crippen molar-refractivity contribution < 1.29 is 17.9 Å². The largest absolute Gasteiger partial charge is 0.394 e. The van der Waals surface area contributed by atoms with Crippen molar-refractivity contribution in [1.29, 1.82) is 0 Å². The van der Waals surface area contributed by atoms with Crippen LogP contribution in [0.5, 0.6) is 0 Å². The highest BCUT2D eigenvalue weighted by atomic mass is 35.5. The minimum atomic E-state index is -4.20. The van der Waals surface area contributed by atoms with Crippen LogP contribution in [0.1, 0.15) is 6.92 Å². The summed E-state index contributed by atoms with van der Waals surface area (Å²) in [4.78, 5) is 0. The summed E-state index contributed by atoms with van der Waals surface area (Å²) in [6.07, 6.45) is 0. The lowest BCUT2D eigenvalue weighted by Gasteiger charge is -2.21. The Hall–Kier alpha value is 0.330. The van der Waals surface area contributed by atoms with E-state index >= 15 is 0 Å². The van der Waals surface area contributed by atoms with Crippen molar-refractivity contribution in [3.8, 4) is 0 Å². The third-order valence-electron chi connectivity index (χ3n) is 0.656. The zero-order chi connectivity index (χ0) is 8.41. The van der Waals surface area contributed by atoms with Crippen LogP contribution in [0.3, 0.4) is 0 Å². The molecule has 0 N–H and O–H groups in total. The van der Waals surface area contributed by atoms with E-state index in [2.05, 4.69) is 27.9 Å². The van der Waals surface area contributed by atoms with Crippen molar-refractivity contribution >= 4 is 23.2 Å². The molecule has 0 amide bonds. The Labute approximate surface area is 66.1 Å². The van der Waals surface area contributed by atoms with Crippen molar-refractivity contribution in [2.24, 2.45) is 0 Å². The van der Waals surface area contributed by atoms with E-state index < -0.39 is 10.7 Å². The van der Waals surface area contributed by atoms with Gasteiger partial charge in [-0.05, 0) is 30.1 Å². The molecule has 0 aliphatic carbocycles. The molecule has 0 fully saturated rings. The van der Waals surface area contributed by atoms with Crippen molar-refractivity contribution in [1.82, 2.24) is 0 Å². The highest BCUT2D eigenvalue weighted by Crippen LogP contribution is 2.40. The van der Waals surface area contributed by atoms with Crippen molar-refractivity contribution in [3.63, 3.8) is 0 Å². The van der Waals surface area contributed by atoms with E-state index in [4.69, 9.17) is 0 Å². The van der Waals surface area contributed by atoms with Crippen LogP contribution >= 0.6 is 23.2 Å². The third kappa shape index (κ3) is 2.52. The van der Waals surface area contributed by atoms with E-state index in [9.17, 15) is 13.2 Å². The molecule has 0 saturated heterocycles. The zero-order valence-corrected chi connectivity index (χ0v) is 6.52. The van der Waals surface area contributed by atoms with Crippen LogP contribution in [-0.2, 0) is 4.74 Å². The molecule has 0 aromatic rings. The maximum absolute atomic E-state index is 12.3. The molecule has 6 heteroatoms. The predicted octanol–water partition coefficient (Wildman–Crippen LogP) is 2.72. The predicted molar refractivity (Wildman–Crippen MR) is 32.1 cm³/mol. The van der Waals surface area contributed by atoms with E-state index in [1.165, 1.54) is 6.92 Å². The molecule has 1 atom stereocenters. The van der Waals surface area contributed by atoms with Gasteiger partial charge in [0.05, 0.1) is 0 Å². The Morgan fingerprint density at radius 3 is 1.80 bits per heavy atom. The van der Waals surface area contributed by atoms with Crippen LogP contribution in [0.2, 0.25) is 0 Å². The Balaban J connectivity index is 4.10. The minimum Gasteiger partial charge on any atom is -0.328 e. The quantitative estimate of drug-likeness (QED) is 0.632. The molecule has 0 aliphatic heterocycles. The van der Waals surface area contributed by atoms with Gasteiger partial charge in [0.25, 0.3) is 0 Å². The average Bonchev–Trinajstić information content (AvgIpc) is 1.61. The lowest BCUT2D eigenvalue weighted by Crippen LogP contribution is -2.36. The number of hydrogen-bond acceptors (Lipinski definition) is 1. The van der Waals surface area contributed by atoms with E-state index in [0.717, 1.165) is 0 Å². The Morgan fingerprint density at radius 2 is 1.70 bits per heavy atom. The highest BCUT2D eigenvalue weighted by molar-refractivity contribution is 6.31. The fraction of sp³-hybridized carbons (Fsp3) is 1.00. The van der Waals surface area contributed by atoms with E-state index in [1.54, 1.807) is 0 Å². The van der Waals surface area contributed by atoms with Crippen LogP contribution in [0, 0.1) is 0 Å². The third-order valence-corrected chi connectivity index (χ3v) is 1.34. The van der Waals surface area contributed by atoms with Crippen LogP contribution in [-0.4, -0.2) is 17.3 Å². The van der Waals surface area contributed by atoms with Gasteiger partial charge in [0, 0.05) is 6.61 Å². The molecular weight excluding hydrogens is 192 g/mol. The topological polar surface area (TPSA) is 9.23 Å². The van der Waals surface area contributed by atoms with Crippen LogP contribution < -0.4 is 0 Å². The summed E-state index contributed by atoms with van der Waals surface area (Å²) >= 11 is 8.78. The number of hydrogen-bond donors (Lipinski definition) is 0. The Morgan fingerprint density at radius 1 is 1.30 bits per heavy atom. The fourth-order valence-electron chi connectivity index (χ4n) is 0.263. The summed E-state index contributed by atoms with van der Waals surface area (Å²) in [7, 11) is 0. The standard InChI is InChI=1S/C4H5Cl2F3O/c1-2-10-4(6,9)3(5,7)8/h2H2,1H3. The molecule has 1 unspecified atom stereocenters. The van der Waals surface area contributed by atoms with Crippen LogP contribution in [0.4, 0.5) is 13.2 Å². The number of ether oxygens (including phenoxy) is 1. The van der Waals surface area contributed by atoms with Gasteiger partial charge in [-0.3, -0.25) is 0 Å². The Kier molecular flexibility index (Phi) is 3.26. The van der Waals surface area contributed by atoms with Crippen molar-refractivity contribution in [2.45, 2.75) is 17.6 Å². The van der Waals surface area contributed by atoms with Gasteiger partial charge >= 0.3 is 10.7 Å². The van der Waals surface area contributed by atoms with Gasteiger partial charge in [-0.15, -0.1) is 0 Å². The second kappa shape index (κ2) is 3.15. The van der Waals surface area contributed by atoms with Gasteiger partial charge in [0.1, 0.15) is 0 Å². The first kappa shape index (κ1) is 10.3. The zero-order valence-electron chi connectivity index (χ0n) is 5.01. The summed E-state index contributed by atoms with van der Waals surface area (Å²) < 4.78 is 39.7. The van der Waals surface area contributed by atoms with Gasteiger partial charge < -0.3 is 4.74 Å². The van der Waals surface area contributed by atoms with Gasteiger partial charge in [-0.25, -0.2) is 0 Å². The smallest absolute Gasteiger partial charge is 0.328 e. The highest BCUT2D eigenvalue weighted by Gasteiger charge is 2.54. The minimum absolute atomic E-state index is 0.275. The average molecular weight is 197 g/mol. The number of alkyl halides is 5. The van der Waals surface area contributed by atoms with Gasteiger partial charge in [0.15, 0.2) is 0 Å². The summed E-state index contributed by atoms with van der Waals surface area (Å²) in [5.74, 6) is 0. The second-order valence-electron chi connectivity index (χ2n) is 1.45. The molecule has 62 valence electrons. The number of rotatable bonds is 3. The maximum Gasteiger partial charge on any atom is 0.394 e. The molecule has 1 nitrogen and oxygen atoms in total. The normalized spacial score (nSPS) is 18.6. The number of halogens is 5. The molecule has 0 radical (unpaired) electrons. The monoisotopic (exact) mass is 196 g/mol. The summed E-state index contributed by atoms with van der Waals surface area (Å²) in [5, 5.41) is -7.81. The lowest BCUT2D eigenvalue weighted by atomic mass is 10.7. The molecule has 0 aromatic carbocycles. The van der Waals surface area contributed by atoms with E-state index in [0.29, 0.717) is 0 Å². The van der Waals surface area contributed by atoms with Crippen molar-refractivity contribution in [2.75, 3.05) is 6.61 Å². The van der Waals surface area contributed by atoms with Crippen LogP contribution in [0.25, 0.3) is 0 Å². The first-order chi connectivity index (χ1) is 4.31. The maximum atomic E-state index is 12.3. The lowest BCUT2D eigenvalue weighted by molar-refractivity contribution is -0.182. The summed E-state index contributed by atoms with van der Waals surface area (Å²) in [6, 6.07) is 0. The first-order valence-corrected chi connectivity index (χ1v) is 3.15. The Bertz CT molecular complexity index is 112. The second-order valence-corrected chi connectivity index (χ2v) is 2.41. The van der Waals surface area contributed by atoms with E-state index in [1.807, 2.05) is 0 Å². The molecule has 0 rings (SSSR count). The fourth-order valence-corrected chi connectivity index (χ4v) is 0.427. The molecule has 0 aliphatic rings. The van der Waals surface area contributed by atoms with Crippen LogP contribution in [0.15, 0.2) is 0 Å². The van der Waals surface area contributed by atoms with Gasteiger partial charge in [-0.1, -0.05) is 0 Å². The molecule has 0 heterocycles. The molecular formula is C4H5Cl2F3O. The first-order valence-electron chi connectivity index (χ1n) is 2.39. The summed E-state index contributed by atoms with van der Waals surface area (Å²) in [5.41, 5.74) is 0. The van der Waals surface area contributed by atoms with Gasteiger partial charge in [-0.2, -0.15) is 13.2 Å². The molecule has 0 spiro atoms. The molecule has 0 saturated carbocycles. The molecule has 0 bridgehead atoms. The van der Waals surface area contributed by atoms with Crippen molar-refractivity contribution in [3.05, 3.63) is 0 Å².